The van der Waals surface area contributed by atoms with E-state index in [-0.39, 0.29) is 11.1 Å². The monoisotopic (exact) mass is 321 g/mol. The quantitative estimate of drug-likeness (QED) is 0.854. The lowest BCUT2D eigenvalue weighted by atomic mass is 9.86. The maximum absolute atomic E-state index is 12.4. The molecule has 0 aliphatic rings. The molecule has 6 nitrogen and oxygen atoms in total. The second-order valence-corrected chi connectivity index (χ2v) is 5.94. The van der Waals surface area contributed by atoms with Gasteiger partial charge in [-0.15, -0.1) is 0 Å². The molecule has 0 aromatic heterocycles. The van der Waals surface area contributed by atoms with Crippen LogP contribution in [0.1, 0.15) is 11.1 Å². The summed E-state index contributed by atoms with van der Waals surface area (Å²) in [6.45, 7) is 0. The number of rotatable bonds is 5. The third kappa shape index (κ3) is 3.16. The topological polar surface area (TPSA) is 92.7 Å². The fourth-order valence-electron chi connectivity index (χ4n) is 2.02. The summed E-state index contributed by atoms with van der Waals surface area (Å²) < 4.78 is 28.8. The molecule has 2 aromatic rings. The Bertz CT molecular complexity index is 705. The average Bonchev–Trinajstić information content (AvgIpc) is 2.55. The van der Waals surface area contributed by atoms with Crippen molar-refractivity contribution < 1.29 is 22.5 Å². The van der Waals surface area contributed by atoms with Crippen molar-refractivity contribution in [3.63, 3.8) is 0 Å². The van der Waals surface area contributed by atoms with Crippen molar-refractivity contribution in [2.45, 2.75) is 5.60 Å². The van der Waals surface area contributed by atoms with Crippen LogP contribution in [0, 0.1) is 0 Å². The van der Waals surface area contributed by atoms with E-state index < -0.39 is 21.8 Å². The van der Waals surface area contributed by atoms with Crippen LogP contribution in [0.3, 0.4) is 0 Å². The molecular formula is C15H15NO5S. The molecule has 22 heavy (non-hydrogen) atoms. The number of carbonyl (C=O) groups is 1. The average molecular weight is 321 g/mol. The molecule has 0 radical (unpaired) electrons. The summed E-state index contributed by atoms with van der Waals surface area (Å²) in [6.07, 6.45) is 0. The molecule has 2 aromatic carbocycles. The summed E-state index contributed by atoms with van der Waals surface area (Å²) in [7, 11) is -3.36. The summed E-state index contributed by atoms with van der Waals surface area (Å²) in [5.41, 5.74) is -1.68. The molecule has 116 valence electrons. The van der Waals surface area contributed by atoms with Crippen LogP contribution in [-0.4, -0.2) is 26.5 Å². The number of hydrogen-bond acceptors (Lipinski definition) is 5. The highest BCUT2D eigenvalue weighted by atomic mass is 32.2. The van der Waals surface area contributed by atoms with Crippen LogP contribution in [0.5, 0.6) is 0 Å². The van der Waals surface area contributed by atoms with Gasteiger partial charge in [-0.05, 0) is 11.1 Å². The van der Waals surface area contributed by atoms with E-state index in [2.05, 4.69) is 4.18 Å². The SMILES string of the molecule is COS(=O)(=O)NC(=O)C(O)(c1ccccc1)c1ccccc1. The molecule has 0 spiro atoms. The highest BCUT2D eigenvalue weighted by Crippen LogP contribution is 2.30. The van der Waals surface area contributed by atoms with Crippen LogP contribution in [0.4, 0.5) is 0 Å². The first-order chi connectivity index (χ1) is 10.4. The van der Waals surface area contributed by atoms with Gasteiger partial charge in [0, 0.05) is 0 Å². The van der Waals surface area contributed by atoms with Gasteiger partial charge < -0.3 is 5.11 Å². The largest absolute Gasteiger partial charge is 0.372 e. The van der Waals surface area contributed by atoms with Gasteiger partial charge in [-0.2, -0.15) is 8.42 Å². The third-order valence-electron chi connectivity index (χ3n) is 3.15. The fraction of sp³-hybridized carbons (Fsp3) is 0.133. The van der Waals surface area contributed by atoms with E-state index >= 15 is 0 Å². The summed E-state index contributed by atoms with van der Waals surface area (Å²) in [5.74, 6) is -1.12. The minimum absolute atomic E-state index is 0.241. The van der Waals surface area contributed by atoms with Crippen LogP contribution in [0.25, 0.3) is 0 Å². The second-order valence-electron chi connectivity index (χ2n) is 4.49. The van der Waals surface area contributed by atoms with Crippen molar-refractivity contribution in [2.75, 3.05) is 7.11 Å². The molecule has 7 heteroatoms. The summed E-state index contributed by atoms with van der Waals surface area (Å²) in [5, 5.41) is 10.9. The molecule has 0 saturated heterocycles. The van der Waals surface area contributed by atoms with Crippen LogP contribution in [-0.2, 0) is 24.9 Å². The predicted octanol–water partition coefficient (Wildman–Crippen LogP) is 0.930. The van der Waals surface area contributed by atoms with E-state index in [9.17, 15) is 18.3 Å². The van der Waals surface area contributed by atoms with Crippen molar-refractivity contribution in [1.29, 1.82) is 0 Å². The van der Waals surface area contributed by atoms with Crippen LogP contribution < -0.4 is 4.72 Å². The first kappa shape index (κ1) is 16.2. The maximum atomic E-state index is 12.4. The van der Waals surface area contributed by atoms with Gasteiger partial charge in [-0.1, -0.05) is 60.7 Å². The summed E-state index contributed by atoms with van der Waals surface area (Å²) in [6, 6.07) is 16.1. The highest BCUT2D eigenvalue weighted by molar-refractivity contribution is 7.85. The Kier molecular flexibility index (Phi) is 4.60. The lowest BCUT2D eigenvalue weighted by molar-refractivity contribution is -0.134. The van der Waals surface area contributed by atoms with Gasteiger partial charge in [-0.25, -0.2) is 4.72 Å². The lowest BCUT2D eigenvalue weighted by Crippen LogP contribution is -2.47. The third-order valence-corrected chi connectivity index (χ3v) is 4.02. The number of hydrogen-bond donors (Lipinski definition) is 2. The minimum atomic E-state index is -4.28. The van der Waals surface area contributed by atoms with Crippen LogP contribution >= 0.6 is 0 Å². The first-order valence-electron chi connectivity index (χ1n) is 6.36. The number of benzene rings is 2. The maximum Gasteiger partial charge on any atom is 0.362 e. The molecule has 2 rings (SSSR count). The second kappa shape index (κ2) is 6.27. The van der Waals surface area contributed by atoms with Gasteiger partial charge in [0.1, 0.15) is 0 Å². The van der Waals surface area contributed by atoms with Gasteiger partial charge in [0.05, 0.1) is 7.11 Å². The Balaban J connectivity index is 2.55. The van der Waals surface area contributed by atoms with Gasteiger partial charge in [0.2, 0.25) is 0 Å². The number of amides is 1. The fourth-order valence-corrected chi connectivity index (χ4v) is 2.47. The molecule has 0 heterocycles. The lowest BCUT2D eigenvalue weighted by Gasteiger charge is -2.27. The van der Waals surface area contributed by atoms with Crippen LogP contribution in [0.15, 0.2) is 60.7 Å². The van der Waals surface area contributed by atoms with Gasteiger partial charge in [0.25, 0.3) is 5.91 Å². The number of carbonyl (C=O) groups excluding carboxylic acids is 1. The van der Waals surface area contributed by atoms with E-state index in [1.807, 2.05) is 0 Å². The number of nitrogens with one attached hydrogen (secondary N) is 1. The molecule has 0 aliphatic carbocycles. The van der Waals surface area contributed by atoms with Crippen molar-refractivity contribution in [2.24, 2.45) is 0 Å². The molecule has 0 bridgehead atoms. The summed E-state index contributed by atoms with van der Waals surface area (Å²) in [4.78, 5) is 12.4. The molecule has 0 fully saturated rings. The van der Waals surface area contributed by atoms with Crippen LogP contribution in [0.2, 0.25) is 0 Å². The molecular weight excluding hydrogens is 306 g/mol. The molecule has 1 amide bonds. The van der Waals surface area contributed by atoms with Gasteiger partial charge >= 0.3 is 10.3 Å². The molecule has 2 N–H and O–H groups in total. The number of aliphatic hydroxyl groups is 1. The Morgan fingerprint density at radius 3 is 1.77 bits per heavy atom. The Hall–Kier alpha value is -2.22. The Morgan fingerprint density at radius 1 is 1.00 bits per heavy atom. The first-order valence-corrected chi connectivity index (χ1v) is 7.77. The van der Waals surface area contributed by atoms with Gasteiger partial charge in [-0.3, -0.25) is 8.98 Å². The van der Waals surface area contributed by atoms with E-state index in [0.717, 1.165) is 7.11 Å². The van der Waals surface area contributed by atoms with Crippen molar-refractivity contribution in [1.82, 2.24) is 4.72 Å². The van der Waals surface area contributed by atoms with E-state index in [1.54, 1.807) is 41.1 Å². The zero-order valence-electron chi connectivity index (χ0n) is 11.8. The highest BCUT2D eigenvalue weighted by Gasteiger charge is 2.41. The normalized spacial score (nSPS) is 11.9. The smallest absolute Gasteiger partial charge is 0.362 e. The van der Waals surface area contributed by atoms with Crippen molar-refractivity contribution in [3.05, 3.63) is 71.8 Å². The van der Waals surface area contributed by atoms with E-state index in [4.69, 9.17) is 0 Å². The van der Waals surface area contributed by atoms with E-state index in [0.29, 0.717) is 0 Å². The Morgan fingerprint density at radius 2 is 1.41 bits per heavy atom. The minimum Gasteiger partial charge on any atom is -0.372 e. The standard InChI is InChI=1S/C15H15NO5S/c1-21-22(19,20)16-14(17)15(18,12-8-4-2-5-9-12)13-10-6-3-7-11-13/h2-11,18H,1H3,(H,16,17). The van der Waals surface area contributed by atoms with Crippen molar-refractivity contribution in [3.8, 4) is 0 Å². The molecule has 0 atom stereocenters. The van der Waals surface area contributed by atoms with Gasteiger partial charge in [0.15, 0.2) is 5.60 Å². The molecule has 0 aliphatic heterocycles. The summed E-state index contributed by atoms with van der Waals surface area (Å²) >= 11 is 0. The molecule has 0 saturated carbocycles. The zero-order chi connectivity index (χ0) is 16.2. The molecule has 0 unspecified atom stereocenters. The van der Waals surface area contributed by atoms with E-state index in [1.165, 1.54) is 24.3 Å². The zero-order valence-corrected chi connectivity index (χ0v) is 12.6. The predicted molar refractivity (Wildman–Crippen MR) is 80.0 cm³/mol. The Labute approximate surface area is 128 Å². The van der Waals surface area contributed by atoms with Crippen molar-refractivity contribution >= 4 is 16.2 Å².